The van der Waals surface area contributed by atoms with Crippen LogP contribution in [-0.2, 0) is 13.2 Å². The highest BCUT2D eigenvalue weighted by Crippen LogP contribution is 2.35. The summed E-state index contributed by atoms with van der Waals surface area (Å²) in [6.45, 7) is 0.386. The van der Waals surface area contributed by atoms with Gasteiger partial charge in [-0.05, 0) is 24.3 Å². The number of aromatic nitrogens is 4. The Morgan fingerprint density at radius 2 is 2.19 bits per heavy atom. The number of halogens is 3. The van der Waals surface area contributed by atoms with Crippen LogP contribution in [0.1, 0.15) is 41.0 Å². The summed E-state index contributed by atoms with van der Waals surface area (Å²) in [5.74, 6) is 0.0376. The molecule has 7 nitrogen and oxygen atoms in total. The lowest BCUT2D eigenvalue weighted by Gasteiger charge is -2.20. The molecule has 0 spiro atoms. The molecule has 1 saturated heterocycles. The van der Waals surface area contributed by atoms with Crippen molar-refractivity contribution in [3.8, 4) is 11.5 Å². The monoisotopic (exact) mass is 397 g/mol. The minimum absolute atomic E-state index is 0.255. The molecule has 0 bridgehead atoms. The van der Waals surface area contributed by atoms with Crippen LogP contribution in [0.4, 0.5) is 13.2 Å². The van der Waals surface area contributed by atoms with Crippen molar-refractivity contribution in [1.29, 1.82) is 0 Å². The lowest BCUT2D eigenvalue weighted by atomic mass is 10.2. The summed E-state index contributed by atoms with van der Waals surface area (Å²) in [6.07, 6.45) is -3.30. The normalized spacial score (nSPS) is 17.6. The van der Waals surface area contributed by atoms with Gasteiger partial charge >= 0.3 is 6.18 Å². The van der Waals surface area contributed by atoms with Crippen LogP contribution in [0.5, 0.6) is 0 Å². The highest BCUT2D eigenvalue weighted by atomic mass is 32.1. The number of rotatable bonds is 3. The highest BCUT2D eigenvalue weighted by molar-refractivity contribution is 7.08. The topological polar surface area (TPSA) is 77.1 Å². The van der Waals surface area contributed by atoms with Gasteiger partial charge in [-0.2, -0.15) is 29.6 Å². The number of thiophene rings is 1. The van der Waals surface area contributed by atoms with E-state index in [1.807, 2.05) is 16.8 Å². The van der Waals surface area contributed by atoms with Gasteiger partial charge in [-0.1, -0.05) is 0 Å². The molecule has 0 N–H and O–H groups in total. The summed E-state index contributed by atoms with van der Waals surface area (Å²) < 4.78 is 45.3. The molecule has 0 saturated carbocycles. The van der Waals surface area contributed by atoms with Gasteiger partial charge in [-0.25, -0.2) is 0 Å². The molecular weight excluding hydrogens is 383 g/mol. The molecule has 1 fully saturated rings. The summed E-state index contributed by atoms with van der Waals surface area (Å²) in [4.78, 5) is 14.2. The number of carbonyl (C=O) groups is 1. The molecular formula is C16H14F3N5O2S. The van der Waals surface area contributed by atoms with Gasteiger partial charge in [0, 0.05) is 30.6 Å². The Labute approximate surface area is 155 Å². The third-order valence-electron chi connectivity index (χ3n) is 4.40. The Bertz CT molecular complexity index is 963. The van der Waals surface area contributed by atoms with E-state index in [0.717, 1.165) is 18.7 Å². The van der Waals surface area contributed by atoms with Crippen molar-refractivity contribution in [3.05, 3.63) is 40.2 Å². The van der Waals surface area contributed by atoms with E-state index in [1.165, 1.54) is 16.2 Å². The Morgan fingerprint density at radius 3 is 2.85 bits per heavy atom. The summed E-state index contributed by atoms with van der Waals surface area (Å²) >= 11 is 1.49. The molecule has 11 heteroatoms. The van der Waals surface area contributed by atoms with Crippen molar-refractivity contribution in [2.75, 3.05) is 6.54 Å². The molecule has 0 unspecified atom stereocenters. The highest BCUT2D eigenvalue weighted by Gasteiger charge is 2.39. The Kier molecular flexibility index (Phi) is 4.25. The number of alkyl halides is 3. The number of nitrogens with zero attached hydrogens (tertiary/aromatic N) is 5. The van der Waals surface area contributed by atoms with Crippen molar-refractivity contribution in [2.24, 2.45) is 7.05 Å². The van der Waals surface area contributed by atoms with Gasteiger partial charge in [0.1, 0.15) is 11.7 Å². The van der Waals surface area contributed by atoms with E-state index in [-0.39, 0.29) is 11.6 Å². The Hall–Kier alpha value is -2.69. The molecule has 1 atom stereocenters. The quantitative estimate of drug-likeness (QED) is 0.676. The van der Waals surface area contributed by atoms with Gasteiger partial charge in [0.05, 0.1) is 0 Å². The second-order valence-electron chi connectivity index (χ2n) is 6.15. The summed E-state index contributed by atoms with van der Waals surface area (Å²) in [5.41, 5.74) is -0.442. The van der Waals surface area contributed by atoms with E-state index in [4.69, 9.17) is 4.42 Å². The van der Waals surface area contributed by atoms with Crippen LogP contribution < -0.4 is 0 Å². The predicted molar refractivity (Wildman–Crippen MR) is 88.8 cm³/mol. The summed E-state index contributed by atoms with van der Waals surface area (Å²) in [5, 5.41) is 15.5. The van der Waals surface area contributed by atoms with E-state index >= 15 is 0 Å². The average molecular weight is 397 g/mol. The molecule has 1 amide bonds. The van der Waals surface area contributed by atoms with E-state index in [1.54, 1.807) is 0 Å². The van der Waals surface area contributed by atoms with Crippen molar-refractivity contribution >= 4 is 17.2 Å². The fourth-order valence-electron chi connectivity index (χ4n) is 3.12. The standard InChI is InChI=1S/C16H14F3N5O2S/c1-23-12(16(17,18)19)7-10(22-23)15(25)24-5-2-3-11(24)14-21-20-13(26-14)9-4-6-27-8-9/h4,6-8,11H,2-3,5H2,1H3/t11-/m0/s1. The van der Waals surface area contributed by atoms with Gasteiger partial charge in [-0.15, -0.1) is 10.2 Å². The first kappa shape index (κ1) is 17.7. The maximum Gasteiger partial charge on any atom is 0.433 e. The summed E-state index contributed by atoms with van der Waals surface area (Å²) in [6, 6.07) is 2.13. The number of likely N-dealkylation sites (tertiary alicyclic amines) is 1. The zero-order valence-corrected chi connectivity index (χ0v) is 14.9. The third kappa shape index (κ3) is 3.22. The van der Waals surface area contributed by atoms with Crippen LogP contribution >= 0.6 is 11.3 Å². The van der Waals surface area contributed by atoms with E-state index in [9.17, 15) is 18.0 Å². The second kappa shape index (κ2) is 6.48. The largest absolute Gasteiger partial charge is 0.433 e. The van der Waals surface area contributed by atoms with Crippen LogP contribution in [0.15, 0.2) is 27.3 Å². The third-order valence-corrected chi connectivity index (χ3v) is 5.08. The molecule has 3 aromatic rings. The van der Waals surface area contributed by atoms with E-state index < -0.39 is 23.8 Å². The van der Waals surface area contributed by atoms with Crippen LogP contribution in [0.2, 0.25) is 0 Å². The van der Waals surface area contributed by atoms with Crippen molar-refractivity contribution in [3.63, 3.8) is 0 Å². The lowest BCUT2D eigenvalue weighted by molar-refractivity contribution is -0.143. The first-order valence-corrected chi connectivity index (χ1v) is 9.07. The number of amides is 1. The minimum atomic E-state index is -4.58. The maximum atomic E-state index is 13.0. The molecule has 1 aliphatic heterocycles. The first-order chi connectivity index (χ1) is 12.8. The maximum absolute atomic E-state index is 13.0. The van der Waals surface area contributed by atoms with Gasteiger partial charge < -0.3 is 9.32 Å². The smallest absolute Gasteiger partial charge is 0.418 e. The van der Waals surface area contributed by atoms with Gasteiger partial charge in [-0.3, -0.25) is 9.48 Å². The van der Waals surface area contributed by atoms with E-state index in [2.05, 4.69) is 15.3 Å². The fraction of sp³-hybridized carbons (Fsp3) is 0.375. The van der Waals surface area contributed by atoms with Gasteiger partial charge in [0.2, 0.25) is 11.8 Å². The SMILES string of the molecule is Cn1nc(C(=O)N2CCC[C@H]2c2nnc(-c3ccsc3)o2)cc1C(F)(F)F. The van der Waals surface area contributed by atoms with Crippen molar-refractivity contribution < 1.29 is 22.4 Å². The Balaban J connectivity index is 1.59. The van der Waals surface area contributed by atoms with Gasteiger partial charge in [0.15, 0.2) is 5.69 Å². The molecule has 4 heterocycles. The van der Waals surface area contributed by atoms with Crippen molar-refractivity contribution in [1.82, 2.24) is 24.9 Å². The molecule has 142 valence electrons. The second-order valence-corrected chi connectivity index (χ2v) is 6.93. The zero-order chi connectivity index (χ0) is 19.2. The minimum Gasteiger partial charge on any atom is -0.418 e. The molecule has 0 radical (unpaired) electrons. The fourth-order valence-corrected chi connectivity index (χ4v) is 3.75. The van der Waals surface area contributed by atoms with Gasteiger partial charge in [0.25, 0.3) is 5.91 Å². The number of aryl methyl sites for hydroxylation is 1. The molecule has 1 aliphatic rings. The lowest BCUT2D eigenvalue weighted by Crippen LogP contribution is -2.31. The van der Waals surface area contributed by atoms with Crippen LogP contribution in [0.25, 0.3) is 11.5 Å². The Morgan fingerprint density at radius 1 is 1.37 bits per heavy atom. The molecule has 27 heavy (non-hydrogen) atoms. The van der Waals surface area contributed by atoms with Crippen LogP contribution in [-0.4, -0.2) is 37.3 Å². The molecule has 0 aromatic carbocycles. The summed E-state index contributed by atoms with van der Waals surface area (Å²) in [7, 11) is 1.16. The number of hydrogen-bond donors (Lipinski definition) is 0. The molecule has 4 rings (SSSR count). The average Bonchev–Trinajstić information content (AvgIpc) is 3.36. The van der Waals surface area contributed by atoms with Crippen LogP contribution in [0, 0.1) is 0 Å². The zero-order valence-electron chi connectivity index (χ0n) is 14.1. The molecule has 3 aromatic heterocycles. The predicted octanol–water partition coefficient (Wildman–Crippen LogP) is 3.53. The number of carbonyl (C=O) groups excluding carboxylic acids is 1. The van der Waals surface area contributed by atoms with Crippen LogP contribution in [0.3, 0.4) is 0 Å². The van der Waals surface area contributed by atoms with E-state index in [0.29, 0.717) is 30.0 Å². The van der Waals surface area contributed by atoms with Crippen molar-refractivity contribution in [2.45, 2.75) is 25.1 Å². The first-order valence-electron chi connectivity index (χ1n) is 8.13. The number of hydrogen-bond acceptors (Lipinski definition) is 6. The molecule has 0 aliphatic carbocycles.